The molecule has 1 aromatic heterocycles. The fourth-order valence-corrected chi connectivity index (χ4v) is 2.28. The second kappa shape index (κ2) is 5.75. The maximum absolute atomic E-state index is 10.5. The van der Waals surface area contributed by atoms with Crippen LogP contribution in [0.5, 0.6) is 0 Å². The molecule has 0 aliphatic rings. The third-order valence-corrected chi connectivity index (χ3v) is 3.63. The summed E-state index contributed by atoms with van der Waals surface area (Å²) in [6, 6.07) is 9.82. The molecule has 3 N–H and O–H groups in total. The van der Waals surface area contributed by atoms with Crippen LogP contribution in [0.3, 0.4) is 0 Å². The molecule has 2 rings (SSSR count). The maximum Gasteiger partial charge on any atom is 0.313 e. The van der Waals surface area contributed by atoms with Crippen LogP contribution in [0.1, 0.15) is 24.2 Å². The molecule has 100 valence electrons. The van der Waals surface area contributed by atoms with Gasteiger partial charge in [-0.25, -0.2) is 4.68 Å². The van der Waals surface area contributed by atoms with Gasteiger partial charge in [-0.15, -0.1) is 10.2 Å². The highest BCUT2D eigenvalue weighted by Crippen LogP contribution is 2.24. The Morgan fingerprint density at radius 3 is 2.74 bits per heavy atom. The van der Waals surface area contributed by atoms with E-state index in [9.17, 15) is 4.79 Å². The van der Waals surface area contributed by atoms with Crippen molar-refractivity contribution in [3.8, 4) is 0 Å². The molecule has 0 bridgehead atoms. The minimum absolute atomic E-state index is 0.00196. The summed E-state index contributed by atoms with van der Waals surface area (Å²) in [6.45, 7) is 1.98. The first-order valence-electron chi connectivity index (χ1n) is 5.69. The van der Waals surface area contributed by atoms with Crippen LogP contribution in [0.4, 0.5) is 0 Å². The van der Waals surface area contributed by atoms with E-state index in [1.165, 1.54) is 4.68 Å². The van der Waals surface area contributed by atoms with Gasteiger partial charge < -0.3 is 10.9 Å². The molecule has 0 aliphatic carbocycles. The average Bonchev–Trinajstić information content (AvgIpc) is 2.78. The number of hydrogen-bond acceptors (Lipinski definition) is 5. The van der Waals surface area contributed by atoms with Crippen molar-refractivity contribution < 1.29 is 9.90 Å². The number of aliphatic carboxylic acids is 1. The number of nitrogens with two attached hydrogens (primary N) is 1. The second-order valence-electron chi connectivity index (χ2n) is 4.03. The molecule has 0 amide bonds. The predicted octanol–water partition coefficient (Wildman–Crippen LogP) is 1.32. The van der Waals surface area contributed by atoms with Gasteiger partial charge in [-0.05, 0) is 5.56 Å². The molecule has 1 heterocycles. The summed E-state index contributed by atoms with van der Waals surface area (Å²) < 4.78 is 1.35. The van der Waals surface area contributed by atoms with E-state index in [1.807, 2.05) is 37.3 Å². The fourth-order valence-electron chi connectivity index (χ4n) is 1.70. The number of aromatic nitrogens is 3. The first-order valence-corrected chi connectivity index (χ1v) is 6.68. The summed E-state index contributed by atoms with van der Waals surface area (Å²) in [5.41, 5.74) is 1.08. The molecule has 1 atom stereocenters. The van der Waals surface area contributed by atoms with Gasteiger partial charge in [0.15, 0.2) is 5.82 Å². The van der Waals surface area contributed by atoms with Gasteiger partial charge in [0.2, 0.25) is 5.16 Å². The Balaban J connectivity index is 2.20. The topological polar surface area (TPSA) is 94.0 Å². The number of hydrogen-bond donors (Lipinski definition) is 2. The van der Waals surface area contributed by atoms with Gasteiger partial charge in [-0.1, -0.05) is 49.0 Å². The number of thioether (sulfide) groups is 1. The largest absolute Gasteiger partial charge is 0.481 e. The Morgan fingerprint density at radius 2 is 2.11 bits per heavy atom. The molecular weight excluding hydrogens is 264 g/mol. The molecule has 6 nitrogen and oxygen atoms in total. The van der Waals surface area contributed by atoms with E-state index in [-0.39, 0.29) is 11.7 Å². The molecule has 0 radical (unpaired) electrons. The van der Waals surface area contributed by atoms with E-state index in [2.05, 4.69) is 10.2 Å². The number of carboxylic acid groups (broad SMARTS) is 1. The number of rotatable bonds is 5. The van der Waals surface area contributed by atoms with Crippen LogP contribution in [-0.2, 0) is 4.79 Å². The molecule has 2 aromatic rings. The molecule has 1 aromatic carbocycles. The number of nitrogens with zero attached hydrogens (tertiary/aromatic N) is 3. The molecule has 0 saturated heterocycles. The molecule has 0 saturated carbocycles. The van der Waals surface area contributed by atoms with Crippen LogP contribution < -0.4 is 5.84 Å². The molecule has 19 heavy (non-hydrogen) atoms. The lowest BCUT2D eigenvalue weighted by atomic mass is 10.0. The van der Waals surface area contributed by atoms with Gasteiger partial charge in [-0.3, -0.25) is 4.79 Å². The van der Waals surface area contributed by atoms with Gasteiger partial charge in [0.05, 0.1) is 5.75 Å². The van der Waals surface area contributed by atoms with Crippen LogP contribution in [0, 0.1) is 0 Å². The summed E-state index contributed by atoms with van der Waals surface area (Å²) in [4.78, 5) is 10.5. The molecular formula is C12H14N4O2S. The standard InChI is InChI=1S/C12H14N4O2S/c1-8(9-5-3-2-4-6-9)11-14-15-12(16(11)13)19-7-10(17)18/h2-6,8H,7,13H2,1H3,(H,17,18). The Labute approximate surface area is 114 Å². The lowest BCUT2D eigenvalue weighted by Crippen LogP contribution is -2.17. The fraction of sp³-hybridized carbons (Fsp3) is 0.250. The van der Waals surface area contributed by atoms with Crippen molar-refractivity contribution in [3.63, 3.8) is 0 Å². The van der Waals surface area contributed by atoms with Gasteiger partial charge in [0.25, 0.3) is 0 Å². The smallest absolute Gasteiger partial charge is 0.313 e. The van der Waals surface area contributed by atoms with Gasteiger partial charge in [0, 0.05) is 5.92 Å². The van der Waals surface area contributed by atoms with E-state index < -0.39 is 5.97 Å². The highest BCUT2D eigenvalue weighted by Gasteiger charge is 2.18. The van der Waals surface area contributed by atoms with Crippen LogP contribution in [0.15, 0.2) is 35.5 Å². The van der Waals surface area contributed by atoms with Crippen LogP contribution in [0.25, 0.3) is 0 Å². The monoisotopic (exact) mass is 278 g/mol. The molecule has 0 fully saturated rings. The van der Waals surface area contributed by atoms with E-state index in [0.717, 1.165) is 17.3 Å². The second-order valence-corrected chi connectivity index (χ2v) is 4.97. The third kappa shape index (κ3) is 3.05. The highest BCUT2D eigenvalue weighted by molar-refractivity contribution is 7.99. The minimum Gasteiger partial charge on any atom is -0.481 e. The SMILES string of the molecule is CC(c1ccccc1)c1nnc(SCC(=O)O)n1N. The highest BCUT2D eigenvalue weighted by atomic mass is 32.2. The molecule has 0 aliphatic heterocycles. The van der Waals surface area contributed by atoms with Gasteiger partial charge >= 0.3 is 5.97 Å². The number of carboxylic acids is 1. The Kier molecular flexibility index (Phi) is 4.06. The molecule has 0 spiro atoms. The average molecular weight is 278 g/mol. The first kappa shape index (κ1) is 13.4. The van der Waals surface area contributed by atoms with Crippen molar-refractivity contribution in [2.24, 2.45) is 0 Å². The number of benzene rings is 1. The summed E-state index contributed by atoms with van der Waals surface area (Å²) >= 11 is 1.05. The third-order valence-electron chi connectivity index (χ3n) is 2.70. The van der Waals surface area contributed by atoms with Crippen molar-refractivity contribution >= 4 is 17.7 Å². The summed E-state index contributed by atoms with van der Waals surface area (Å²) in [7, 11) is 0. The van der Waals surface area contributed by atoms with Gasteiger partial charge in [0.1, 0.15) is 0 Å². The zero-order chi connectivity index (χ0) is 13.8. The minimum atomic E-state index is -0.911. The van der Waals surface area contributed by atoms with Crippen molar-refractivity contribution in [1.82, 2.24) is 14.9 Å². The van der Waals surface area contributed by atoms with Crippen molar-refractivity contribution in [1.29, 1.82) is 0 Å². The predicted molar refractivity (Wildman–Crippen MR) is 72.5 cm³/mol. The first-order chi connectivity index (χ1) is 9.09. The zero-order valence-corrected chi connectivity index (χ0v) is 11.2. The normalized spacial score (nSPS) is 12.3. The number of nitrogen functional groups attached to an aromatic ring is 1. The summed E-state index contributed by atoms with van der Waals surface area (Å²) in [6.07, 6.45) is 0. The lowest BCUT2D eigenvalue weighted by Gasteiger charge is -2.10. The zero-order valence-electron chi connectivity index (χ0n) is 10.4. The number of carbonyl (C=O) groups is 1. The Hall–Kier alpha value is -2.02. The maximum atomic E-state index is 10.5. The van der Waals surface area contributed by atoms with E-state index in [4.69, 9.17) is 10.9 Å². The van der Waals surface area contributed by atoms with Crippen molar-refractivity contribution in [2.45, 2.75) is 18.0 Å². The summed E-state index contributed by atoms with van der Waals surface area (Å²) in [5.74, 6) is 5.51. The van der Waals surface area contributed by atoms with Gasteiger partial charge in [-0.2, -0.15) is 0 Å². The summed E-state index contributed by atoms with van der Waals surface area (Å²) in [5, 5.41) is 17.0. The quantitative estimate of drug-likeness (QED) is 0.633. The van der Waals surface area contributed by atoms with E-state index >= 15 is 0 Å². The Morgan fingerprint density at radius 1 is 1.42 bits per heavy atom. The van der Waals surface area contributed by atoms with E-state index in [0.29, 0.717) is 11.0 Å². The molecule has 7 heteroatoms. The lowest BCUT2D eigenvalue weighted by molar-refractivity contribution is -0.133. The van der Waals surface area contributed by atoms with Crippen LogP contribution in [0.2, 0.25) is 0 Å². The van der Waals surface area contributed by atoms with Crippen molar-refractivity contribution in [3.05, 3.63) is 41.7 Å². The van der Waals surface area contributed by atoms with Crippen LogP contribution >= 0.6 is 11.8 Å². The van der Waals surface area contributed by atoms with Crippen LogP contribution in [-0.4, -0.2) is 31.7 Å². The van der Waals surface area contributed by atoms with E-state index in [1.54, 1.807) is 0 Å². The molecule has 1 unspecified atom stereocenters. The van der Waals surface area contributed by atoms with Crippen molar-refractivity contribution in [2.75, 3.05) is 11.6 Å². The Bertz CT molecular complexity index is 570.